The molecule has 0 amide bonds. The fourth-order valence-electron chi connectivity index (χ4n) is 3.80. The van der Waals surface area contributed by atoms with Crippen LogP contribution in [0.2, 0.25) is 0 Å². The van der Waals surface area contributed by atoms with E-state index in [-0.39, 0.29) is 6.42 Å². The molecule has 1 atom stereocenters. The molecule has 1 fully saturated rings. The van der Waals surface area contributed by atoms with Crippen LogP contribution in [-0.2, 0) is 4.74 Å². The molecule has 0 spiro atoms. The van der Waals surface area contributed by atoms with Gasteiger partial charge in [0.05, 0.1) is 30.2 Å². The van der Waals surface area contributed by atoms with E-state index in [0.717, 1.165) is 18.4 Å². The lowest BCUT2D eigenvalue weighted by Crippen LogP contribution is -2.47. The van der Waals surface area contributed by atoms with Crippen LogP contribution in [0.15, 0.2) is 11.3 Å². The van der Waals surface area contributed by atoms with E-state index in [9.17, 15) is 21.0 Å². The van der Waals surface area contributed by atoms with Crippen LogP contribution in [-0.4, -0.2) is 5.60 Å². The minimum atomic E-state index is -1.68. The molecule has 22 heavy (non-hydrogen) atoms. The van der Waals surface area contributed by atoms with Crippen molar-refractivity contribution in [2.24, 2.45) is 16.7 Å². The van der Waals surface area contributed by atoms with Crippen molar-refractivity contribution in [3.05, 3.63) is 11.3 Å². The Labute approximate surface area is 131 Å². The highest BCUT2D eigenvalue weighted by Crippen LogP contribution is 2.61. The normalized spacial score (nSPS) is 26.6. The van der Waals surface area contributed by atoms with E-state index in [1.54, 1.807) is 0 Å². The van der Waals surface area contributed by atoms with Gasteiger partial charge in [0.15, 0.2) is 10.8 Å². The van der Waals surface area contributed by atoms with Crippen molar-refractivity contribution in [3.63, 3.8) is 0 Å². The molecule has 0 bridgehead atoms. The van der Waals surface area contributed by atoms with Crippen LogP contribution in [0.25, 0.3) is 0 Å². The highest BCUT2D eigenvalue weighted by Gasteiger charge is 2.66. The second-order valence-corrected chi connectivity index (χ2v) is 6.23. The van der Waals surface area contributed by atoms with Crippen molar-refractivity contribution in [1.29, 1.82) is 21.0 Å². The van der Waals surface area contributed by atoms with Gasteiger partial charge in [-0.2, -0.15) is 21.0 Å². The van der Waals surface area contributed by atoms with E-state index in [4.69, 9.17) is 4.74 Å². The summed E-state index contributed by atoms with van der Waals surface area (Å²) in [5.74, 6) is 0.128. The summed E-state index contributed by atoms with van der Waals surface area (Å²) in [6.45, 7) is 5.85. The van der Waals surface area contributed by atoms with E-state index < -0.39 is 22.3 Å². The number of nitriles is 4. The molecule has 0 saturated carbocycles. The molecule has 2 aliphatic rings. The van der Waals surface area contributed by atoms with Gasteiger partial charge < -0.3 is 4.74 Å². The molecule has 0 N–H and O–H groups in total. The van der Waals surface area contributed by atoms with Crippen LogP contribution in [0.3, 0.4) is 0 Å². The fraction of sp³-hybridized carbons (Fsp3) is 0.647. The molecule has 0 unspecified atom stereocenters. The molecule has 0 aromatic heterocycles. The van der Waals surface area contributed by atoms with Crippen molar-refractivity contribution in [1.82, 2.24) is 0 Å². The first-order valence-electron chi connectivity index (χ1n) is 7.47. The maximum atomic E-state index is 9.74. The predicted octanol–water partition coefficient (Wildman–Crippen LogP) is 3.33. The van der Waals surface area contributed by atoms with Gasteiger partial charge in [0, 0.05) is 6.42 Å². The van der Waals surface area contributed by atoms with Gasteiger partial charge in [-0.3, -0.25) is 0 Å². The lowest BCUT2D eigenvalue weighted by molar-refractivity contribution is 0.0300. The van der Waals surface area contributed by atoms with E-state index in [1.807, 2.05) is 45.0 Å². The third-order valence-electron chi connectivity index (χ3n) is 5.39. The van der Waals surface area contributed by atoms with Gasteiger partial charge in [-0.05, 0) is 31.8 Å². The summed E-state index contributed by atoms with van der Waals surface area (Å²) in [6, 6.07) is 7.98. The topological polar surface area (TPSA) is 104 Å². The zero-order valence-electron chi connectivity index (χ0n) is 13.1. The molecule has 1 heterocycles. The average Bonchev–Trinajstić information content (AvgIpc) is 2.96. The van der Waals surface area contributed by atoms with Gasteiger partial charge in [-0.15, -0.1) is 0 Å². The molecule has 0 aromatic rings. The van der Waals surface area contributed by atoms with Crippen LogP contribution >= 0.6 is 0 Å². The highest BCUT2D eigenvalue weighted by atomic mass is 16.5. The molecule has 1 aliphatic heterocycles. The fourth-order valence-corrected chi connectivity index (χ4v) is 3.80. The van der Waals surface area contributed by atoms with Crippen molar-refractivity contribution in [3.8, 4) is 24.3 Å². The molecule has 1 saturated heterocycles. The second-order valence-electron chi connectivity index (χ2n) is 6.23. The van der Waals surface area contributed by atoms with Crippen molar-refractivity contribution < 1.29 is 4.74 Å². The van der Waals surface area contributed by atoms with Crippen molar-refractivity contribution in [2.45, 2.75) is 52.1 Å². The number of fused-ring (bicyclic) bond motifs is 1. The summed E-state index contributed by atoms with van der Waals surface area (Å²) in [4.78, 5) is 0. The van der Waals surface area contributed by atoms with Crippen molar-refractivity contribution >= 4 is 0 Å². The maximum Gasteiger partial charge on any atom is 0.185 e. The summed E-state index contributed by atoms with van der Waals surface area (Å²) in [5, 5.41) is 38.6. The van der Waals surface area contributed by atoms with Crippen LogP contribution in [0.1, 0.15) is 46.5 Å². The Morgan fingerprint density at radius 1 is 1.05 bits per heavy atom. The summed E-state index contributed by atoms with van der Waals surface area (Å²) in [6.07, 6.45) is 2.10. The Morgan fingerprint density at radius 3 is 2.00 bits per heavy atom. The van der Waals surface area contributed by atoms with Gasteiger partial charge >= 0.3 is 0 Å². The Balaban J connectivity index is 2.72. The maximum absolute atomic E-state index is 9.74. The number of ether oxygens (including phenoxy) is 1. The van der Waals surface area contributed by atoms with E-state index >= 15 is 0 Å². The SMILES string of the molecule is CCC1(CC)C[C@@H]2C(=C(C)CC(C#N)(C#N)C2(C#N)C#N)O1. The van der Waals surface area contributed by atoms with E-state index in [2.05, 4.69) is 0 Å². The average molecular weight is 294 g/mol. The molecule has 5 nitrogen and oxygen atoms in total. The number of nitrogens with zero attached hydrogens (tertiary/aromatic N) is 4. The summed E-state index contributed by atoms with van der Waals surface area (Å²) in [7, 11) is 0. The van der Waals surface area contributed by atoms with Gasteiger partial charge in [0.1, 0.15) is 11.4 Å². The zero-order chi connectivity index (χ0) is 16.6. The van der Waals surface area contributed by atoms with Gasteiger partial charge in [-0.25, -0.2) is 0 Å². The molecular weight excluding hydrogens is 276 g/mol. The van der Waals surface area contributed by atoms with Gasteiger partial charge in [-0.1, -0.05) is 13.8 Å². The predicted molar refractivity (Wildman–Crippen MR) is 77.1 cm³/mol. The third kappa shape index (κ3) is 1.66. The second kappa shape index (κ2) is 5.05. The smallest absolute Gasteiger partial charge is 0.185 e. The molecule has 1 aliphatic carbocycles. The van der Waals surface area contributed by atoms with Crippen LogP contribution < -0.4 is 0 Å². The summed E-state index contributed by atoms with van der Waals surface area (Å²) < 4.78 is 6.16. The summed E-state index contributed by atoms with van der Waals surface area (Å²) >= 11 is 0. The number of hydrogen-bond acceptors (Lipinski definition) is 5. The minimum absolute atomic E-state index is 0.0798. The summed E-state index contributed by atoms with van der Waals surface area (Å²) in [5.41, 5.74) is -2.94. The molecule has 112 valence electrons. The molecule has 2 rings (SSSR count). The van der Waals surface area contributed by atoms with Gasteiger partial charge in [0.25, 0.3) is 0 Å². The molecule has 5 heteroatoms. The van der Waals surface area contributed by atoms with Crippen LogP contribution in [0.5, 0.6) is 0 Å². The highest BCUT2D eigenvalue weighted by molar-refractivity contribution is 5.45. The number of rotatable bonds is 2. The van der Waals surface area contributed by atoms with Crippen LogP contribution in [0, 0.1) is 62.1 Å². The first kappa shape index (κ1) is 15.9. The zero-order valence-corrected chi connectivity index (χ0v) is 13.1. The third-order valence-corrected chi connectivity index (χ3v) is 5.39. The first-order chi connectivity index (χ1) is 10.4. The number of hydrogen-bond donors (Lipinski definition) is 0. The van der Waals surface area contributed by atoms with Gasteiger partial charge in [0.2, 0.25) is 0 Å². The Hall–Kier alpha value is -2.50. The monoisotopic (exact) mass is 294 g/mol. The minimum Gasteiger partial charge on any atom is -0.491 e. The quantitative estimate of drug-likeness (QED) is 0.776. The first-order valence-corrected chi connectivity index (χ1v) is 7.47. The van der Waals surface area contributed by atoms with E-state index in [0.29, 0.717) is 12.2 Å². The largest absolute Gasteiger partial charge is 0.491 e. The van der Waals surface area contributed by atoms with Crippen LogP contribution in [0.4, 0.5) is 0 Å². The Kier molecular flexibility index (Phi) is 3.64. The standard InChI is InChI=1S/C17H18N4O/c1-4-16(5-2)7-13-14(22-16)12(3)6-15(8-18,9-19)17(13,10-20)11-21/h13H,4-7H2,1-3H3/t13-/m1/s1. The lowest BCUT2D eigenvalue weighted by atomic mass is 9.53. The molecular formula is C17H18N4O. The lowest BCUT2D eigenvalue weighted by Gasteiger charge is -2.39. The Bertz CT molecular complexity index is 660. The molecule has 0 radical (unpaired) electrons. The Morgan fingerprint density at radius 2 is 1.59 bits per heavy atom. The number of allylic oxidation sites excluding steroid dienone is 2. The van der Waals surface area contributed by atoms with Crippen molar-refractivity contribution in [2.75, 3.05) is 0 Å². The molecule has 0 aromatic carbocycles. The van der Waals surface area contributed by atoms with E-state index in [1.165, 1.54) is 0 Å².